The smallest absolute Gasteiger partial charge is 0.261 e. The molecule has 0 aliphatic rings. The van der Waals surface area contributed by atoms with Gasteiger partial charge in [0.2, 0.25) is 15.8 Å². The highest BCUT2D eigenvalue weighted by molar-refractivity contribution is 7.89. The molecule has 0 aliphatic heterocycles. The molecule has 0 saturated carbocycles. The third-order valence-corrected chi connectivity index (χ3v) is 3.76. The summed E-state index contributed by atoms with van der Waals surface area (Å²) < 4.78 is 41.3. The van der Waals surface area contributed by atoms with Crippen LogP contribution in [0, 0.1) is 0 Å². The highest BCUT2D eigenvalue weighted by Gasteiger charge is 2.15. The predicted molar refractivity (Wildman–Crippen MR) is 73.4 cm³/mol. The van der Waals surface area contributed by atoms with Gasteiger partial charge in [-0.25, -0.2) is 22.6 Å². The van der Waals surface area contributed by atoms with E-state index < -0.39 is 16.8 Å². The highest BCUT2D eigenvalue weighted by atomic mass is 32.2. The number of hydrogen-bond donors (Lipinski definition) is 1. The average molecular weight is 323 g/mol. The van der Waals surface area contributed by atoms with Crippen LogP contribution in [-0.4, -0.2) is 28.3 Å². The van der Waals surface area contributed by atoms with Crippen LogP contribution in [-0.2, 0) is 16.8 Å². The first-order valence-electron chi connectivity index (χ1n) is 6.03. The van der Waals surface area contributed by atoms with Gasteiger partial charge in [-0.3, -0.25) is 0 Å². The minimum Gasteiger partial charge on any atom is -0.333 e. The Bertz CT molecular complexity index is 918. The molecule has 0 amide bonds. The fourth-order valence-electron chi connectivity index (χ4n) is 1.81. The van der Waals surface area contributed by atoms with Gasteiger partial charge in [-0.15, -0.1) is 0 Å². The van der Waals surface area contributed by atoms with Crippen LogP contribution in [0.3, 0.4) is 0 Å². The number of alkyl halides is 1. The number of aromatic nitrogens is 4. The third-order valence-electron chi connectivity index (χ3n) is 2.85. The zero-order valence-electron chi connectivity index (χ0n) is 11.0. The molecule has 2 N–H and O–H groups in total. The summed E-state index contributed by atoms with van der Waals surface area (Å²) in [6.07, 6.45) is 2.80. The van der Waals surface area contributed by atoms with E-state index in [-0.39, 0.29) is 16.6 Å². The minimum absolute atomic E-state index is 0.0541. The summed E-state index contributed by atoms with van der Waals surface area (Å²) in [6, 6.07) is 5.85. The standard InChI is InChI=1S/C12H10FN5O3S/c13-7-18-6-9(5-15-18)12-16-11(17-21-12)8-2-1-3-10(4-8)22(14,19)20/h1-6H,7H2,(H2,14,19,20). The molecule has 0 unspecified atom stereocenters. The van der Waals surface area contributed by atoms with E-state index in [2.05, 4.69) is 15.2 Å². The van der Waals surface area contributed by atoms with Crippen LogP contribution in [0.25, 0.3) is 22.8 Å². The first kappa shape index (κ1) is 14.4. The summed E-state index contributed by atoms with van der Waals surface area (Å²) in [5.41, 5.74) is 0.887. The molecule has 0 spiro atoms. The van der Waals surface area contributed by atoms with Gasteiger partial charge in [0.05, 0.1) is 16.7 Å². The Kier molecular flexibility index (Phi) is 3.47. The minimum atomic E-state index is -3.82. The number of hydrogen-bond acceptors (Lipinski definition) is 6. The van der Waals surface area contributed by atoms with E-state index in [0.717, 1.165) is 4.68 Å². The lowest BCUT2D eigenvalue weighted by Crippen LogP contribution is -2.11. The lowest BCUT2D eigenvalue weighted by atomic mass is 10.2. The summed E-state index contributed by atoms with van der Waals surface area (Å²) in [7, 11) is -3.82. The molecular weight excluding hydrogens is 313 g/mol. The zero-order chi connectivity index (χ0) is 15.7. The maximum absolute atomic E-state index is 12.4. The van der Waals surface area contributed by atoms with Crippen LogP contribution in [0.15, 0.2) is 46.1 Å². The lowest BCUT2D eigenvalue weighted by Gasteiger charge is -1.99. The molecule has 0 fully saturated rings. The molecule has 8 nitrogen and oxygen atoms in total. The van der Waals surface area contributed by atoms with Crippen LogP contribution in [0.1, 0.15) is 0 Å². The fourth-order valence-corrected chi connectivity index (χ4v) is 2.37. The van der Waals surface area contributed by atoms with E-state index >= 15 is 0 Å². The summed E-state index contributed by atoms with van der Waals surface area (Å²) in [5.74, 6) is 0.337. The van der Waals surface area contributed by atoms with Gasteiger partial charge in [-0.2, -0.15) is 10.1 Å². The summed E-state index contributed by atoms with van der Waals surface area (Å²) in [5, 5.41) is 12.6. The van der Waals surface area contributed by atoms with Crippen molar-refractivity contribution in [2.45, 2.75) is 11.7 Å². The van der Waals surface area contributed by atoms with Gasteiger partial charge in [0.1, 0.15) is 0 Å². The molecular formula is C12H10FN5O3S. The van der Waals surface area contributed by atoms with Crippen LogP contribution in [0.2, 0.25) is 0 Å². The number of primary sulfonamides is 1. The molecule has 2 aromatic heterocycles. The second kappa shape index (κ2) is 5.31. The molecule has 0 radical (unpaired) electrons. The first-order valence-corrected chi connectivity index (χ1v) is 7.58. The van der Waals surface area contributed by atoms with Crippen molar-refractivity contribution in [2.24, 2.45) is 5.14 Å². The highest BCUT2D eigenvalue weighted by Crippen LogP contribution is 2.23. The van der Waals surface area contributed by atoms with Gasteiger partial charge < -0.3 is 4.52 Å². The number of benzene rings is 1. The first-order chi connectivity index (χ1) is 10.5. The lowest BCUT2D eigenvalue weighted by molar-refractivity contribution is 0.350. The molecule has 22 heavy (non-hydrogen) atoms. The molecule has 10 heteroatoms. The Balaban J connectivity index is 1.97. The normalized spacial score (nSPS) is 11.7. The molecule has 3 rings (SSSR count). The average Bonchev–Trinajstić information content (AvgIpc) is 3.15. The van der Waals surface area contributed by atoms with E-state index in [1.165, 1.54) is 30.6 Å². The molecule has 0 bridgehead atoms. The van der Waals surface area contributed by atoms with Crippen molar-refractivity contribution in [2.75, 3.05) is 0 Å². The predicted octanol–water partition coefficient (Wildman–Crippen LogP) is 1.17. The molecule has 0 aliphatic carbocycles. The second-order valence-corrected chi connectivity index (χ2v) is 5.95. The van der Waals surface area contributed by atoms with E-state index in [0.29, 0.717) is 11.1 Å². The Labute approximate surface area is 124 Å². The molecule has 0 saturated heterocycles. The number of nitrogens with zero attached hydrogens (tertiary/aromatic N) is 4. The van der Waals surface area contributed by atoms with Crippen LogP contribution in [0.5, 0.6) is 0 Å². The quantitative estimate of drug-likeness (QED) is 0.770. The van der Waals surface area contributed by atoms with Crippen LogP contribution >= 0.6 is 0 Å². The topological polar surface area (TPSA) is 117 Å². The Hall–Kier alpha value is -2.59. The number of halogens is 1. The molecule has 0 atom stereocenters. The Morgan fingerprint density at radius 2 is 2.14 bits per heavy atom. The van der Waals surface area contributed by atoms with Crippen molar-refractivity contribution in [1.29, 1.82) is 0 Å². The van der Waals surface area contributed by atoms with Gasteiger partial charge >= 0.3 is 0 Å². The monoisotopic (exact) mass is 323 g/mol. The maximum atomic E-state index is 12.4. The number of nitrogens with two attached hydrogens (primary N) is 1. The third kappa shape index (κ3) is 2.73. The van der Waals surface area contributed by atoms with E-state index in [1.54, 1.807) is 6.07 Å². The number of rotatable bonds is 4. The van der Waals surface area contributed by atoms with Gasteiger partial charge in [0.25, 0.3) is 5.89 Å². The van der Waals surface area contributed by atoms with Crippen molar-refractivity contribution in [3.05, 3.63) is 36.7 Å². The SMILES string of the molecule is NS(=O)(=O)c1cccc(-c2noc(-c3cnn(CF)c3)n2)c1. The van der Waals surface area contributed by atoms with Crippen LogP contribution in [0.4, 0.5) is 4.39 Å². The van der Waals surface area contributed by atoms with Crippen molar-refractivity contribution >= 4 is 10.0 Å². The number of sulfonamides is 1. The van der Waals surface area contributed by atoms with Gasteiger partial charge in [0, 0.05) is 11.8 Å². The van der Waals surface area contributed by atoms with Crippen molar-refractivity contribution in [3.8, 4) is 22.8 Å². The second-order valence-electron chi connectivity index (χ2n) is 4.38. The van der Waals surface area contributed by atoms with Crippen molar-refractivity contribution in [1.82, 2.24) is 19.9 Å². The fraction of sp³-hybridized carbons (Fsp3) is 0.0833. The Morgan fingerprint density at radius 3 is 2.82 bits per heavy atom. The van der Waals surface area contributed by atoms with Crippen molar-refractivity contribution < 1.29 is 17.3 Å². The van der Waals surface area contributed by atoms with E-state index in [9.17, 15) is 12.8 Å². The molecule has 3 aromatic rings. The summed E-state index contributed by atoms with van der Waals surface area (Å²) >= 11 is 0. The van der Waals surface area contributed by atoms with Crippen molar-refractivity contribution in [3.63, 3.8) is 0 Å². The molecule has 114 valence electrons. The van der Waals surface area contributed by atoms with Crippen LogP contribution < -0.4 is 5.14 Å². The van der Waals surface area contributed by atoms with Gasteiger partial charge in [0.15, 0.2) is 6.80 Å². The van der Waals surface area contributed by atoms with Gasteiger partial charge in [-0.05, 0) is 12.1 Å². The largest absolute Gasteiger partial charge is 0.333 e. The van der Waals surface area contributed by atoms with E-state index in [4.69, 9.17) is 9.66 Å². The Morgan fingerprint density at radius 1 is 1.32 bits per heavy atom. The molecule has 1 aromatic carbocycles. The van der Waals surface area contributed by atoms with E-state index in [1.807, 2.05) is 0 Å². The summed E-state index contributed by atoms with van der Waals surface area (Å²) in [4.78, 5) is 4.08. The maximum Gasteiger partial charge on any atom is 0.261 e. The summed E-state index contributed by atoms with van der Waals surface area (Å²) in [6.45, 7) is -0.766. The molecule has 2 heterocycles. The zero-order valence-corrected chi connectivity index (χ0v) is 11.9. The van der Waals surface area contributed by atoms with Gasteiger partial charge in [-0.1, -0.05) is 17.3 Å².